The highest BCUT2D eigenvalue weighted by molar-refractivity contribution is 7.79. The summed E-state index contributed by atoms with van der Waals surface area (Å²) in [5, 5.41) is 2.28. The Balaban J connectivity index is 0.000000361. The van der Waals surface area contributed by atoms with Crippen molar-refractivity contribution in [2.45, 2.75) is 27.7 Å². The molecule has 0 spiro atoms. The zero-order valence-electron chi connectivity index (χ0n) is 12.9. The van der Waals surface area contributed by atoms with E-state index in [0.29, 0.717) is 0 Å². The molecule has 0 unspecified atom stereocenters. The smallest absolute Gasteiger partial charge is 0.136 e. The first-order valence-electron chi connectivity index (χ1n) is 7.13. The maximum Gasteiger partial charge on any atom is 0.136 e. The van der Waals surface area contributed by atoms with Gasteiger partial charge in [-0.15, -0.1) is 0 Å². The Morgan fingerprint density at radius 2 is 1.62 bits per heavy atom. The van der Waals surface area contributed by atoms with Gasteiger partial charge in [-0.2, -0.15) is 0 Å². The van der Waals surface area contributed by atoms with Gasteiger partial charge in [-0.05, 0) is 43.9 Å². The van der Waals surface area contributed by atoms with Crippen LogP contribution in [0.25, 0.3) is 21.9 Å². The standard InChI is InChI=1S/C14H11NOS.C4H10/c1-9(15-17)10-6-7-12-11-4-2-3-5-13(11)16-14(12)8-10;1-4(2)3/h2-8,17H,1H3;4H,1-3H3/b15-9+;. The summed E-state index contributed by atoms with van der Waals surface area (Å²) in [4.78, 5) is 0. The molecule has 3 aromatic rings. The summed E-state index contributed by atoms with van der Waals surface area (Å²) >= 11 is 3.93. The molecule has 0 aliphatic carbocycles. The van der Waals surface area contributed by atoms with Gasteiger partial charge < -0.3 is 4.42 Å². The van der Waals surface area contributed by atoms with E-state index in [0.717, 1.165) is 39.1 Å². The second-order valence-electron chi connectivity index (χ2n) is 5.73. The van der Waals surface area contributed by atoms with Crippen LogP contribution in [0.3, 0.4) is 0 Å². The Morgan fingerprint density at radius 1 is 1.00 bits per heavy atom. The van der Waals surface area contributed by atoms with Gasteiger partial charge >= 0.3 is 0 Å². The van der Waals surface area contributed by atoms with E-state index in [9.17, 15) is 0 Å². The molecule has 0 aliphatic heterocycles. The topological polar surface area (TPSA) is 25.5 Å². The van der Waals surface area contributed by atoms with Gasteiger partial charge in [-0.25, -0.2) is 4.40 Å². The normalized spacial score (nSPS) is 11.8. The lowest BCUT2D eigenvalue weighted by molar-refractivity contribution is 0.669. The highest BCUT2D eigenvalue weighted by Gasteiger charge is 2.07. The third-order valence-electron chi connectivity index (χ3n) is 2.95. The highest BCUT2D eigenvalue weighted by atomic mass is 32.1. The van der Waals surface area contributed by atoms with E-state index in [4.69, 9.17) is 4.42 Å². The van der Waals surface area contributed by atoms with Crippen LogP contribution in [-0.4, -0.2) is 5.71 Å². The lowest BCUT2D eigenvalue weighted by atomic mass is 10.1. The van der Waals surface area contributed by atoms with Crippen LogP contribution in [-0.2, 0) is 0 Å². The molecule has 0 bridgehead atoms. The van der Waals surface area contributed by atoms with Gasteiger partial charge in [-0.1, -0.05) is 45.0 Å². The fourth-order valence-electron chi connectivity index (χ4n) is 2.01. The predicted octanol–water partition coefficient (Wildman–Crippen LogP) is 5.90. The SMILES string of the molecule is C/C(=N\S)c1ccc2c(c1)oc1ccccc12.CC(C)C. The Hall–Kier alpha value is -1.74. The van der Waals surface area contributed by atoms with Gasteiger partial charge in [0.25, 0.3) is 0 Å². The van der Waals surface area contributed by atoms with Gasteiger partial charge in [0.1, 0.15) is 11.2 Å². The van der Waals surface area contributed by atoms with Crippen molar-refractivity contribution in [1.29, 1.82) is 0 Å². The van der Waals surface area contributed by atoms with Gasteiger partial charge in [0.15, 0.2) is 0 Å². The van der Waals surface area contributed by atoms with Crippen molar-refractivity contribution < 1.29 is 4.42 Å². The van der Waals surface area contributed by atoms with E-state index < -0.39 is 0 Å². The summed E-state index contributed by atoms with van der Waals surface area (Å²) in [6.45, 7) is 8.43. The quantitative estimate of drug-likeness (QED) is 0.439. The summed E-state index contributed by atoms with van der Waals surface area (Å²) in [6.07, 6.45) is 0. The fourth-order valence-corrected chi connectivity index (χ4v) is 2.12. The molecular formula is C18H21NOS. The monoisotopic (exact) mass is 299 g/mol. The van der Waals surface area contributed by atoms with Crippen LogP contribution in [0.2, 0.25) is 0 Å². The van der Waals surface area contributed by atoms with E-state index in [-0.39, 0.29) is 0 Å². The van der Waals surface area contributed by atoms with Crippen LogP contribution in [0.1, 0.15) is 33.3 Å². The minimum Gasteiger partial charge on any atom is -0.456 e. The van der Waals surface area contributed by atoms with Gasteiger partial charge in [0.05, 0.1) is 5.71 Å². The third kappa shape index (κ3) is 3.67. The molecule has 0 saturated carbocycles. The minimum atomic E-state index is 0.833. The second-order valence-corrected chi connectivity index (χ2v) is 5.93. The zero-order valence-corrected chi connectivity index (χ0v) is 13.8. The van der Waals surface area contributed by atoms with Crippen molar-refractivity contribution in [3.05, 3.63) is 48.0 Å². The number of benzene rings is 2. The molecule has 2 nitrogen and oxygen atoms in total. The number of hydrogen-bond acceptors (Lipinski definition) is 3. The molecule has 0 aliphatic rings. The predicted molar refractivity (Wildman–Crippen MR) is 95.4 cm³/mol. The van der Waals surface area contributed by atoms with Crippen molar-refractivity contribution in [3.63, 3.8) is 0 Å². The van der Waals surface area contributed by atoms with Crippen LogP contribution >= 0.6 is 12.8 Å². The molecule has 110 valence electrons. The molecule has 0 atom stereocenters. The number of thiol groups is 1. The summed E-state index contributed by atoms with van der Waals surface area (Å²) in [7, 11) is 0. The highest BCUT2D eigenvalue weighted by Crippen LogP contribution is 2.29. The van der Waals surface area contributed by atoms with E-state index in [2.05, 4.69) is 50.1 Å². The zero-order chi connectivity index (χ0) is 15.4. The van der Waals surface area contributed by atoms with Gasteiger partial charge in [-0.3, -0.25) is 0 Å². The number of rotatable bonds is 1. The largest absolute Gasteiger partial charge is 0.456 e. The van der Waals surface area contributed by atoms with Crippen molar-refractivity contribution >= 4 is 40.5 Å². The van der Waals surface area contributed by atoms with Crippen LogP contribution in [0.5, 0.6) is 0 Å². The number of para-hydroxylation sites is 1. The Kier molecular flexibility index (Phi) is 5.07. The Morgan fingerprint density at radius 3 is 2.29 bits per heavy atom. The maximum atomic E-state index is 5.81. The Labute approximate surface area is 131 Å². The molecule has 0 N–H and O–H groups in total. The molecule has 0 saturated heterocycles. The number of fused-ring (bicyclic) bond motifs is 3. The first-order chi connectivity index (χ1) is 10.0. The first kappa shape index (κ1) is 15.6. The summed E-state index contributed by atoms with van der Waals surface area (Å²) in [5.74, 6) is 0.833. The van der Waals surface area contributed by atoms with Gasteiger partial charge in [0, 0.05) is 16.3 Å². The van der Waals surface area contributed by atoms with E-state index in [1.54, 1.807) is 0 Å². The molecule has 0 fully saturated rings. The summed E-state index contributed by atoms with van der Waals surface area (Å²) in [6, 6.07) is 14.2. The molecule has 0 amide bonds. The molecule has 21 heavy (non-hydrogen) atoms. The van der Waals surface area contributed by atoms with E-state index in [1.807, 2.05) is 37.3 Å². The lowest BCUT2D eigenvalue weighted by Gasteiger charge is -1.97. The number of nitrogens with zero attached hydrogens (tertiary/aromatic N) is 1. The summed E-state index contributed by atoms with van der Waals surface area (Å²) < 4.78 is 9.70. The number of hydrogen-bond donors (Lipinski definition) is 1. The molecule has 2 aromatic carbocycles. The maximum absolute atomic E-state index is 5.81. The third-order valence-corrected chi connectivity index (χ3v) is 3.25. The average molecular weight is 299 g/mol. The van der Waals surface area contributed by atoms with E-state index >= 15 is 0 Å². The van der Waals surface area contributed by atoms with Crippen molar-refractivity contribution in [2.75, 3.05) is 0 Å². The first-order valence-corrected chi connectivity index (χ1v) is 7.53. The molecule has 3 rings (SSSR count). The second kappa shape index (κ2) is 6.81. The summed E-state index contributed by atoms with van der Waals surface area (Å²) in [5.41, 5.74) is 3.72. The fraction of sp³-hybridized carbons (Fsp3) is 0.278. The number of furan rings is 1. The van der Waals surface area contributed by atoms with Crippen molar-refractivity contribution in [1.82, 2.24) is 0 Å². The Bertz CT molecular complexity index is 768. The van der Waals surface area contributed by atoms with E-state index in [1.165, 1.54) is 0 Å². The van der Waals surface area contributed by atoms with Crippen molar-refractivity contribution in [2.24, 2.45) is 10.3 Å². The lowest BCUT2D eigenvalue weighted by Crippen LogP contribution is -1.91. The minimum absolute atomic E-state index is 0.833. The average Bonchev–Trinajstić information content (AvgIpc) is 2.83. The van der Waals surface area contributed by atoms with Crippen molar-refractivity contribution in [3.8, 4) is 0 Å². The van der Waals surface area contributed by atoms with Crippen LogP contribution < -0.4 is 0 Å². The molecule has 1 aromatic heterocycles. The van der Waals surface area contributed by atoms with Crippen LogP contribution in [0.4, 0.5) is 0 Å². The molecule has 3 heteroatoms. The molecular weight excluding hydrogens is 278 g/mol. The molecule has 1 heterocycles. The van der Waals surface area contributed by atoms with Crippen LogP contribution in [0, 0.1) is 5.92 Å². The molecule has 0 radical (unpaired) electrons. The van der Waals surface area contributed by atoms with Gasteiger partial charge in [0.2, 0.25) is 0 Å². The van der Waals surface area contributed by atoms with Crippen LogP contribution in [0.15, 0.2) is 51.3 Å².